The smallest absolute Gasteiger partial charge is 0.417 e. The first-order chi connectivity index (χ1) is 17.8. The Balaban J connectivity index is 1.18. The minimum atomic E-state index is -4.56. The molecule has 0 bridgehead atoms. The van der Waals surface area contributed by atoms with Crippen molar-refractivity contribution in [2.24, 2.45) is 0 Å². The Labute approximate surface area is 221 Å². The second kappa shape index (κ2) is 12.2. The molecule has 0 radical (unpaired) electrons. The summed E-state index contributed by atoms with van der Waals surface area (Å²) < 4.78 is 51.0. The zero-order valence-corrected chi connectivity index (χ0v) is 21.6. The number of ether oxygens (including phenoxy) is 2. The van der Waals surface area contributed by atoms with Gasteiger partial charge in [0.05, 0.1) is 54.3 Å². The van der Waals surface area contributed by atoms with Gasteiger partial charge in [0.15, 0.2) is 0 Å². The molecule has 1 atom stereocenters. The normalized spacial score (nSPS) is 21.8. The molecule has 1 aromatic carbocycles. The summed E-state index contributed by atoms with van der Waals surface area (Å²) in [6.45, 7) is 4.05. The highest BCUT2D eigenvalue weighted by Gasteiger charge is 2.34. The Kier molecular flexibility index (Phi) is 9.05. The number of rotatable bonds is 8. The van der Waals surface area contributed by atoms with Gasteiger partial charge in [-0.2, -0.15) is 31.1 Å². The van der Waals surface area contributed by atoms with E-state index in [0.29, 0.717) is 18.2 Å². The zero-order valence-electron chi connectivity index (χ0n) is 20.7. The monoisotopic (exact) mass is 535 g/mol. The highest BCUT2D eigenvalue weighted by atomic mass is 32.1. The average Bonchev–Trinajstić information content (AvgIpc) is 2.92. The van der Waals surface area contributed by atoms with Gasteiger partial charge in [0.1, 0.15) is 0 Å². The van der Waals surface area contributed by atoms with Crippen LogP contribution in [-0.2, 0) is 10.9 Å². The number of alkyl halides is 3. The largest absolute Gasteiger partial charge is 0.481 e. The van der Waals surface area contributed by atoms with Crippen LogP contribution in [0.5, 0.6) is 5.88 Å². The van der Waals surface area contributed by atoms with Crippen LogP contribution in [0.2, 0.25) is 0 Å². The predicted molar refractivity (Wildman–Crippen MR) is 139 cm³/mol. The Morgan fingerprint density at radius 2 is 1.86 bits per heavy atom. The van der Waals surface area contributed by atoms with Crippen molar-refractivity contribution in [3.8, 4) is 11.9 Å². The number of nitrogens with one attached hydrogen (secondary N) is 1. The summed E-state index contributed by atoms with van der Waals surface area (Å²) in [4.78, 5) is 8.89. The van der Waals surface area contributed by atoms with Crippen molar-refractivity contribution in [3.63, 3.8) is 0 Å². The Hall–Kier alpha value is -2.68. The Morgan fingerprint density at radius 3 is 2.46 bits per heavy atom. The molecule has 4 rings (SSSR count). The zero-order chi connectivity index (χ0) is 26.4. The first-order valence-electron chi connectivity index (χ1n) is 12.4. The van der Waals surface area contributed by atoms with Crippen molar-refractivity contribution in [2.45, 2.75) is 49.4 Å². The van der Waals surface area contributed by atoms with Gasteiger partial charge in [-0.3, -0.25) is 4.90 Å². The van der Waals surface area contributed by atoms with Crippen LogP contribution in [0.1, 0.15) is 36.8 Å². The summed E-state index contributed by atoms with van der Waals surface area (Å²) in [6.07, 6.45) is 0.660. The van der Waals surface area contributed by atoms with Crippen LogP contribution in [0.15, 0.2) is 36.5 Å². The van der Waals surface area contributed by atoms with Crippen LogP contribution < -0.4 is 15.0 Å². The van der Waals surface area contributed by atoms with E-state index in [1.165, 1.54) is 12.1 Å². The van der Waals surface area contributed by atoms with E-state index in [1.54, 1.807) is 13.2 Å². The van der Waals surface area contributed by atoms with Gasteiger partial charge in [0.25, 0.3) is 0 Å². The van der Waals surface area contributed by atoms with Crippen LogP contribution in [0.4, 0.5) is 24.5 Å². The molecule has 2 aliphatic rings. The Bertz CT molecular complexity index is 1060. The fourth-order valence-corrected chi connectivity index (χ4v) is 5.18. The van der Waals surface area contributed by atoms with E-state index in [-0.39, 0.29) is 23.1 Å². The van der Waals surface area contributed by atoms with Gasteiger partial charge in [-0.25, -0.2) is 4.98 Å². The van der Waals surface area contributed by atoms with Gasteiger partial charge in [-0.05, 0) is 49.9 Å². The van der Waals surface area contributed by atoms with Crippen molar-refractivity contribution in [2.75, 3.05) is 50.1 Å². The lowest BCUT2D eigenvalue weighted by molar-refractivity contribution is -0.137. The number of methoxy groups -OCH3 is 1. The molecule has 1 aliphatic heterocycles. The second-order valence-corrected chi connectivity index (χ2v) is 9.98. The number of aromatic nitrogens is 1. The van der Waals surface area contributed by atoms with Crippen LogP contribution in [0.25, 0.3) is 0 Å². The van der Waals surface area contributed by atoms with Crippen LogP contribution in [-0.4, -0.2) is 67.3 Å². The van der Waals surface area contributed by atoms with E-state index in [0.717, 1.165) is 63.6 Å². The highest BCUT2D eigenvalue weighted by molar-refractivity contribution is 7.80. The van der Waals surface area contributed by atoms with Crippen molar-refractivity contribution in [3.05, 3.63) is 47.7 Å². The quantitative estimate of drug-likeness (QED) is 0.471. The van der Waals surface area contributed by atoms with Crippen LogP contribution >= 0.6 is 12.6 Å². The lowest BCUT2D eigenvalue weighted by Gasteiger charge is -2.39. The summed E-state index contributed by atoms with van der Waals surface area (Å²) in [6, 6.07) is 9.35. The molecule has 37 heavy (non-hydrogen) atoms. The van der Waals surface area contributed by atoms with E-state index in [2.05, 4.69) is 20.1 Å². The molecule has 1 aromatic heterocycles. The van der Waals surface area contributed by atoms with E-state index < -0.39 is 11.7 Å². The summed E-state index contributed by atoms with van der Waals surface area (Å²) in [5, 5.41) is 12.2. The maximum absolute atomic E-state index is 13.2. The number of benzene rings is 1. The number of hydrogen-bond donors (Lipinski definition) is 2. The van der Waals surface area contributed by atoms with Crippen molar-refractivity contribution < 1.29 is 22.6 Å². The van der Waals surface area contributed by atoms with Gasteiger partial charge >= 0.3 is 6.18 Å². The minimum Gasteiger partial charge on any atom is -0.481 e. The number of pyridine rings is 1. The maximum Gasteiger partial charge on any atom is 0.417 e. The minimum absolute atomic E-state index is 0.00595. The first-order valence-corrected chi connectivity index (χ1v) is 12.9. The molecule has 2 fully saturated rings. The lowest BCUT2D eigenvalue weighted by atomic mass is 9.92. The molecular formula is C26H32F3N5O2S. The highest BCUT2D eigenvalue weighted by Crippen LogP contribution is 2.34. The lowest BCUT2D eigenvalue weighted by Crippen LogP contribution is -2.50. The summed E-state index contributed by atoms with van der Waals surface area (Å²) >= 11 is 4.77. The first kappa shape index (κ1) is 27.4. The molecule has 0 amide bonds. The van der Waals surface area contributed by atoms with Gasteiger partial charge in [0, 0.05) is 44.0 Å². The fourth-order valence-electron chi connectivity index (χ4n) is 4.86. The van der Waals surface area contributed by atoms with Crippen molar-refractivity contribution >= 4 is 24.0 Å². The fraction of sp³-hybridized carbons (Fsp3) is 0.538. The summed E-state index contributed by atoms with van der Waals surface area (Å²) in [7, 11) is 1.60. The maximum atomic E-state index is 13.2. The van der Waals surface area contributed by atoms with Crippen molar-refractivity contribution in [1.82, 2.24) is 9.88 Å². The van der Waals surface area contributed by atoms with Gasteiger partial charge < -0.3 is 19.7 Å². The number of thiol groups is 1. The molecule has 1 unspecified atom stereocenters. The molecule has 200 valence electrons. The topological polar surface area (TPSA) is 73.7 Å². The molecule has 1 aliphatic carbocycles. The second-order valence-electron chi connectivity index (χ2n) is 9.38. The molecule has 2 heterocycles. The van der Waals surface area contributed by atoms with Crippen molar-refractivity contribution in [1.29, 1.82) is 5.26 Å². The molecule has 2 aromatic rings. The van der Waals surface area contributed by atoms with E-state index in [4.69, 9.17) is 27.4 Å². The van der Waals surface area contributed by atoms with Crippen LogP contribution in [0.3, 0.4) is 0 Å². The summed E-state index contributed by atoms with van der Waals surface area (Å²) in [5.41, 5.74) is 0.193. The van der Waals surface area contributed by atoms with Gasteiger partial charge in [0.2, 0.25) is 5.88 Å². The molecule has 1 saturated carbocycles. The molecule has 1 N–H and O–H groups in total. The number of piperazine rings is 1. The molecular weight excluding hydrogens is 503 g/mol. The number of anilines is 2. The van der Waals surface area contributed by atoms with E-state index >= 15 is 0 Å². The number of halogens is 3. The molecule has 11 heteroatoms. The number of nitrogens with zero attached hydrogens (tertiary/aromatic N) is 4. The number of hydrogen-bond acceptors (Lipinski definition) is 8. The van der Waals surface area contributed by atoms with Gasteiger partial charge in [-0.1, -0.05) is 0 Å². The molecule has 0 spiro atoms. The third-order valence-electron chi connectivity index (χ3n) is 7.00. The SMILES string of the molecule is COc1ccc(N2CCN(C(S)COC3CCC(Nc4ccc(C#N)c(C(F)(F)F)c4)CC3)CC2)cn1. The summed E-state index contributed by atoms with van der Waals surface area (Å²) in [5.74, 6) is 0.601. The van der Waals surface area contributed by atoms with Crippen LogP contribution in [0, 0.1) is 11.3 Å². The third kappa shape index (κ3) is 7.21. The Morgan fingerprint density at radius 1 is 1.14 bits per heavy atom. The van der Waals surface area contributed by atoms with Gasteiger partial charge in [-0.15, -0.1) is 0 Å². The number of nitriles is 1. The standard InChI is InChI=1S/C26H32F3N5O2S/c1-35-24-9-6-21(16-31-24)33-10-12-34(13-11-33)25(37)17-36-22-7-4-19(5-8-22)32-20-3-2-18(15-30)23(14-20)26(27,28)29/h2-3,6,9,14,16,19,22,25,32,37H,4-5,7-8,10-13,17H2,1H3. The third-order valence-corrected chi connectivity index (χ3v) is 7.48. The average molecular weight is 536 g/mol. The van der Waals surface area contributed by atoms with E-state index in [1.807, 2.05) is 18.3 Å². The molecule has 7 nitrogen and oxygen atoms in total. The molecule has 1 saturated heterocycles. The predicted octanol–water partition coefficient (Wildman–Crippen LogP) is 4.80. The van der Waals surface area contributed by atoms with E-state index in [9.17, 15) is 13.2 Å².